The van der Waals surface area contributed by atoms with Crippen LogP contribution in [0.1, 0.15) is 39.0 Å². The van der Waals surface area contributed by atoms with E-state index in [9.17, 15) is 13.6 Å². The van der Waals surface area contributed by atoms with E-state index in [1.54, 1.807) is 0 Å². The summed E-state index contributed by atoms with van der Waals surface area (Å²) in [5.41, 5.74) is 0. The Labute approximate surface area is 87.3 Å². The molecule has 84 valence electrons. The SMILES string of the molecule is CCCOC(=O)CCCCCS(=O)[O-]. The Hall–Kier alpha value is -0.420. The summed E-state index contributed by atoms with van der Waals surface area (Å²) in [5.74, 6) is -0.000565. The van der Waals surface area contributed by atoms with Gasteiger partial charge in [0.1, 0.15) is 0 Å². The molecule has 1 atom stereocenters. The predicted molar refractivity (Wildman–Crippen MR) is 53.5 cm³/mol. The van der Waals surface area contributed by atoms with Gasteiger partial charge in [0.2, 0.25) is 0 Å². The van der Waals surface area contributed by atoms with Gasteiger partial charge in [0.25, 0.3) is 0 Å². The largest absolute Gasteiger partial charge is 0.772 e. The third-order valence-corrected chi connectivity index (χ3v) is 2.28. The number of carbonyl (C=O) groups is 1. The van der Waals surface area contributed by atoms with Crippen molar-refractivity contribution in [2.45, 2.75) is 39.0 Å². The van der Waals surface area contributed by atoms with Crippen molar-refractivity contribution in [2.75, 3.05) is 12.4 Å². The molecule has 1 unspecified atom stereocenters. The number of unbranched alkanes of at least 4 members (excludes halogenated alkanes) is 2. The van der Waals surface area contributed by atoms with E-state index in [0.717, 1.165) is 12.8 Å². The monoisotopic (exact) mass is 221 g/mol. The second kappa shape index (κ2) is 9.15. The lowest BCUT2D eigenvalue weighted by molar-refractivity contribution is -0.143. The fourth-order valence-electron chi connectivity index (χ4n) is 0.954. The van der Waals surface area contributed by atoms with Gasteiger partial charge in [-0.05, 0) is 19.3 Å². The van der Waals surface area contributed by atoms with Gasteiger partial charge >= 0.3 is 5.97 Å². The zero-order valence-electron chi connectivity index (χ0n) is 8.49. The average molecular weight is 221 g/mol. The van der Waals surface area contributed by atoms with E-state index < -0.39 is 11.1 Å². The lowest BCUT2D eigenvalue weighted by atomic mass is 10.2. The van der Waals surface area contributed by atoms with Crippen LogP contribution in [-0.4, -0.2) is 27.1 Å². The van der Waals surface area contributed by atoms with Gasteiger partial charge in [0.05, 0.1) is 6.61 Å². The molecule has 0 radical (unpaired) electrons. The third-order valence-electron chi connectivity index (χ3n) is 1.66. The normalized spacial score (nSPS) is 12.4. The van der Waals surface area contributed by atoms with Crippen LogP contribution in [0.15, 0.2) is 0 Å². The lowest BCUT2D eigenvalue weighted by Crippen LogP contribution is -2.05. The summed E-state index contributed by atoms with van der Waals surface area (Å²) < 4.78 is 25.2. The molecule has 0 aromatic carbocycles. The zero-order valence-corrected chi connectivity index (χ0v) is 9.31. The highest BCUT2D eigenvalue weighted by Crippen LogP contribution is 2.02. The Morgan fingerprint density at radius 3 is 2.64 bits per heavy atom. The molecule has 0 aromatic heterocycles. The zero-order chi connectivity index (χ0) is 10.8. The van der Waals surface area contributed by atoms with Crippen molar-refractivity contribution in [3.05, 3.63) is 0 Å². The molecule has 4 nitrogen and oxygen atoms in total. The molecular formula is C9H17O4S-. The molecule has 0 saturated heterocycles. The number of rotatable bonds is 8. The van der Waals surface area contributed by atoms with Crippen LogP contribution >= 0.6 is 0 Å². The molecule has 0 amide bonds. The van der Waals surface area contributed by atoms with Crippen LogP contribution in [0.3, 0.4) is 0 Å². The van der Waals surface area contributed by atoms with Crippen molar-refractivity contribution in [3.63, 3.8) is 0 Å². The van der Waals surface area contributed by atoms with Crippen molar-refractivity contribution in [1.82, 2.24) is 0 Å². The predicted octanol–water partition coefficient (Wildman–Crippen LogP) is 1.38. The van der Waals surface area contributed by atoms with Crippen molar-refractivity contribution in [3.8, 4) is 0 Å². The van der Waals surface area contributed by atoms with Crippen LogP contribution in [0.25, 0.3) is 0 Å². The number of esters is 1. The Bertz CT molecular complexity index is 182. The fraction of sp³-hybridized carbons (Fsp3) is 0.889. The topological polar surface area (TPSA) is 66.4 Å². The Balaban J connectivity index is 3.19. The summed E-state index contributed by atoms with van der Waals surface area (Å²) in [6, 6.07) is 0. The number of ether oxygens (including phenoxy) is 1. The van der Waals surface area contributed by atoms with Crippen LogP contribution in [0.2, 0.25) is 0 Å². The molecule has 14 heavy (non-hydrogen) atoms. The maximum atomic E-state index is 11.0. The van der Waals surface area contributed by atoms with E-state index in [2.05, 4.69) is 0 Å². The highest BCUT2D eigenvalue weighted by atomic mass is 32.2. The maximum absolute atomic E-state index is 11.0. The lowest BCUT2D eigenvalue weighted by Gasteiger charge is -2.04. The first-order valence-corrected chi connectivity index (χ1v) is 6.12. The second-order valence-corrected chi connectivity index (χ2v) is 4.05. The van der Waals surface area contributed by atoms with Gasteiger partial charge in [-0.25, -0.2) is 0 Å². The van der Waals surface area contributed by atoms with Gasteiger partial charge < -0.3 is 9.29 Å². The molecule has 0 rings (SSSR count). The van der Waals surface area contributed by atoms with Crippen LogP contribution in [-0.2, 0) is 20.6 Å². The average Bonchev–Trinajstić information content (AvgIpc) is 2.13. The van der Waals surface area contributed by atoms with E-state index in [4.69, 9.17) is 4.74 Å². The molecule has 0 aliphatic rings. The fourth-order valence-corrected chi connectivity index (χ4v) is 1.39. The summed E-state index contributed by atoms with van der Waals surface area (Å²) in [5, 5.41) is 0. The van der Waals surface area contributed by atoms with Gasteiger partial charge in [-0.1, -0.05) is 24.4 Å². The minimum atomic E-state index is -1.95. The number of carbonyl (C=O) groups excluding carboxylic acids is 1. The van der Waals surface area contributed by atoms with E-state index in [1.165, 1.54) is 0 Å². The summed E-state index contributed by atoms with van der Waals surface area (Å²) in [6.45, 7) is 2.42. The van der Waals surface area contributed by atoms with Gasteiger partial charge in [-0.3, -0.25) is 9.00 Å². The minimum absolute atomic E-state index is 0.185. The smallest absolute Gasteiger partial charge is 0.305 e. The number of hydrogen-bond acceptors (Lipinski definition) is 4. The number of hydrogen-bond donors (Lipinski definition) is 0. The van der Waals surface area contributed by atoms with Crippen molar-refractivity contribution >= 4 is 17.0 Å². The first-order chi connectivity index (χ1) is 6.66. The summed E-state index contributed by atoms with van der Waals surface area (Å²) >= 11 is -1.95. The highest BCUT2D eigenvalue weighted by molar-refractivity contribution is 7.79. The molecule has 0 spiro atoms. The molecule has 0 N–H and O–H groups in total. The van der Waals surface area contributed by atoms with Crippen LogP contribution in [0, 0.1) is 0 Å². The summed E-state index contributed by atoms with van der Waals surface area (Å²) in [7, 11) is 0. The van der Waals surface area contributed by atoms with Crippen molar-refractivity contribution in [1.29, 1.82) is 0 Å². The summed E-state index contributed by atoms with van der Waals surface area (Å²) in [4.78, 5) is 11.0. The molecule has 5 heteroatoms. The van der Waals surface area contributed by atoms with Crippen LogP contribution < -0.4 is 0 Å². The molecule has 0 fully saturated rings. The first-order valence-electron chi connectivity index (χ1n) is 4.88. The molecule has 0 saturated carbocycles. The van der Waals surface area contributed by atoms with E-state index in [1.807, 2.05) is 6.92 Å². The van der Waals surface area contributed by atoms with Gasteiger partial charge in [0, 0.05) is 12.2 Å². The van der Waals surface area contributed by atoms with Gasteiger partial charge in [0.15, 0.2) is 0 Å². The van der Waals surface area contributed by atoms with E-state index in [0.29, 0.717) is 25.9 Å². The van der Waals surface area contributed by atoms with E-state index >= 15 is 0 Å². The highest BCUT2D eigenvalue weighted by Gasteiger charge is 2.00. The molecule has 0 aliphatic carbocycles. The Kier molecular flexibility index (Phi) is 8.87. The first kappa shape index (κ1) is 13.6. The quantitative estimate of drug-likeness (QED) is 0.353. The van der Waals surface area contributed by atoms with Crippen molar-refractivity contribution in [2.24, 2.45) is 0 Å². The third kappa shape index (κ3) is 9.67. The van der Waals surface area contributed by atoms with Gasteiger partial charge in [-0.15, -0.1) is 0 Å². The molecular weight excluding hydrogens is 204 g/mol. The van der Waals surface area contributed by atoms with E-state index in [-0.39, 0.29) is 11.7 Å². The Morgan fingerprint density at radius 1 is 1.36 bits per heavy atom. The van der Waals surface area contributed by atoms with Gasteiger partial charge in [-0.2, -0.15) is 0 Å². The molecule has 0 heterocycles. The second-order valence-electron chi connectivity index (χ2n) is 3.04. The summed E-state index contributed by atoms with van der Waals surface area (Å²) in [6.07, 6.45) is 3.32. The molecule has 0 aliphatic heterocycles. The van der Waals surface area contributed by atoms with Crippen LogP contribution in [0.4, 0.5) is 0 Å². The molecule has 0 bridgehead atoms. The standard InChI is InChI=1S/C9H18O4S/c1-2-7-13-9(10)6-4-3-5-8-14(11)12/h2-8H2,1H3,(H,11,12)/p-1. The maximum Gasteiger partial charge on any atom is 0.305 e. The van der Waals surface area contributed by atoms with Crippen molar-refractivity contribution < 1.29 is 18.3 Å². The molecule has 0 aromatic rings. The van der Waals surface area contributed by atoms with Crippen LogP contribution in [0.5, 0.6) is 0 Å². The Morgan fingerprint density at radius 2 is 2.07 bits per heavy atom. The minimum Gasteiger partial charge on any atom is -0.772 e.